The zero-order chi connectivity index (χ0) is 20.4. The molecule has 4 rings (SSSR count). The quantitative estimate of drug-likeness (QED) is 0.517. The molecule has 7 nitrogen and oxygen atoms in total. The number of hydrogen-bond acceptors (Lipinski definition) is 6. The van der Waals surface area contributed by atoms with Gasteiger partial charge in [0.25, 0.3) is 0 Å². The van der Waals surface area contributed by atoms with E-state index in [1.807, 2.05) is 29.0 Å². The molecule has 0 amide bonds. The average molecular weight is 415 g/mol. The number of alkyl halides is 2. The predicted octanol–water partition coefficient (Wildman–Crippen LogP) is 3.61. The van der Waals surface area contributed by atoms with E-state index in [2.05, 4.69) is 20.3 Å². The topological polar surface area (TPSA) is 89.8 Å². The zero-order valence-electron chi connectivity index (χ0n) is 14.9. The van der Waals surface area contributed by atoms with E-state index in [0.29, 0.717) is 23.8 Å². The van der Waals surface area contributed by atoms with Gasteiger partial charge in [-0.15, -0.1) is 0 Å². The molecule has 0 saturated heterocycles. The lowest BCUT2D eigenvalue weighted by atomic mass is 10.3. The molecule has 0 bridgehead atoms. The van der Waals surface area contributed by atoms with Gasteiger partial charge in [0.15, 0.2) is 0 Å². The fraction of sp³-hybridized carbons (Fsp3) is 0.105. The summed E-state index contributed by atoms with van der Waals surface area (Å²) >= 11 is 0. The fourth-order valence-electron chi connectivity index (χ4n) is 2.81. The summed E-state index contributed by atoms with van der Waals surface area (Å²) in [5.41, 5.74) is 2.21. The Kier molecular flexibility index (Phi) is 4.93. The second kappa shape index (κ2) is 7.55. The van der Waals surface area contributed by atoms with Crippen molar-refractivity contribution in [3.05, 3.63) is 72.8 Å². The van der Waals surface area contributed by atoms with Gasteiger partial charge < -0.3 is 9.88 Å². The highest BCUT2D eigenvalue weighted by atomic mass is 32.2. The van der Waals surface area contributed by atoms with Crippen molar-refractivity contribution in [3.8, 4) is 0 Å². The van der Waals surface area contributed by atoms with Gasteiger partial charge in [-0.3, -0.25) is 4.98 Å². The molecule has 29 heavy (non-hydrogen) atoms. The maximum absolute atomic E-state index is 12.6. The number of pyridine rings is 1. The standard InChI is InChI=1S/C19H15F2N5O2S/c20-18(21)29(27,28)16-5-3-15(4-6-16)24-19-23-11-14-7-9-26(17(14)25-19)12-13-2-1-8-22-10-13/h1-11,18H,12H2,(H,23,24,25). The van der Waals surface area contributed by atoms with Gasteiger partial charge in [-0.2, -0.15) is 13.8 Å². The van der Waals surface area contributed by atoms with Crippen LogP contribution in [0.2, 0.25) is 0 Å². The third-order valence-corrected chi connectivity index (χ3v) is 5.65. The number of nitrogens with zero attached hydrogens (tertiary/aromatic N) is 4. The molecular formula is C19H15F2N5O2S. The summed E-state index contributed by atoms with van der Waals surface area (Å²) < 4.78 is 50.2. The molecule has 0 aliphatic rings. The van der Waals surface area contributed by atoms with Gasteiger partial charge in [0.05, 0.1) is 11.4 Å². The highest BCUT2D eigenvalue weighted by Gasteiger charge is 2.26. The molecule has 4 aromatic rings. The Morgan fingerprint density at radius 3 is 2.55 bits per heavy atom. The van der Waals surface area contributed by atoms with E-state index in [1.54, 1.807) is 18.6 Å². The van der Waals surface area contributed by atoms with Crippen molar-refractivity contribution >= 4 is 32.5 Å². The Labute approximate surface area is 165 Å². The highest BCUT2D eigenvalue weighted by Crippen LogP contribution is 2.22. The fourth-order valence-corrected chi connectivity index (χ4v) is 3.53. The maximum Gasteiger partial charge on any atom is 0.341 e. The molecule has 148 valence electrons. The SMILES string of the molecule is O=S(=O)(c1ccc(Nc2ncc3ccn(Cc4cccnc4)c3n2)cc1)C(F)F. The number of anilines is 2. The summed E-state index contributed by atoms with van der Waals surface area (Å²) in [6.07, 6.45) is 7.06. The van der Waals surface area contributed by atoms with Gasteiger partial charge in [0.2, 0.25) is 15.8 Å². The van der Waals surface area contributed by atoms with Gasteiger partial charge in [0, 0.05) is 35.9 Å². The largest absolute Gasteiger partial charge is 0.341 e. The van der Waals surface area contributed by atoms with Crippen LogP contribution in [-0.4, -0.2) is 33.7 Å². The van der Waals surface area contributed by atoms with Crippen molar-refractivity contribution in [2.45, 2.75) is 17.2 Å². The summed E-state index contributed by atoms with van der Waals surface area (Å²) in [7, 11) is -4.62. The Balaban J connectivity index is 1.58. The molecule has 10 heteroatoms. The lowest BCUT2D eigenvalue weighted by Crippen LogP contribution is -2.11. The first-order valence-corrected chi connectivity index (χ1v) is 10.1. The normalized spacial score (nSPS) is 11.8. The molecule has 0 saturated carbocycles. The summed E-state index contributed by atoms with van der Waals surface area (Å²) in [5, 5.41) is 3.81. The number of hydrogen-bond donors (Lipinski definition) is 1. The first-order chi connectivity index (χ1) is 13.9. The van der Waals surface area contributed by atoms with Crippen LogP contribution >= 0.6 is 0 Å². The monoisotopic (exact) mass is 415 g/mol. The summed E-state index contributed by atoms with van der Waals surface area (Å²) in [6.45, 7) is 0.591. The van der Waals surface area contributed by atoms with Gasteiger partial charge in [-0.25, -0.2) is 13.4 Å². The molecule has 0 spiro atoms. The second-order valence-corrected chi connectivity index (χ2v) is 8.15. The summed E-state index contributed by atoms with van der Waals surface area (Å²) in [5.74, 6) is -3.16. The molecule has 0 aliphatic heterocycles. The molecule has 3 heterocycles. The lowest BCUT2D eigenvalue weighted by molar-refractivity contribution is 0.234. The van der Waals surface area contributed by atoms with E-state index >= 15 is 0 Å². The van der Waals surface area contributed by atoms with E-state index in [1.165, 1.54) is 12.1 Å². The Hall–Kier alpha value is -3.40. The number of sulfone groups is 1. The van der Waals surface area contributed by atoms with Gasteiger partial charge in [-0.05, 0) is 42.0 Å². The van der Waals surface area contributed by atoms with Crippen LogP contribution in [0.3, 0.4) is 0 Å². The number of fused-ring (bicyclic) bond motifs is 1. The van der Waals surface area contributed by atoms with E-state index in [9.17, 15) is 17.2 Å². The van der Waals surface area contributed by atoms with Crippen LogP contribution in [0.25, 0.3) is 11.0 Å². The zero-order valence-corrected chi connectivity index (χ0v) is 15.7. The van der Waals surface area contributed by atoms with E-state index < -0.39 is 20.5 Å². The van der Waals surface area contributed by atoms with Crippen LogP contribution in [0.4, 0.5) is 20.4 Å². The number of rotatable bonds is 6. The third kappa shape index (κ3) is 3.92. The number of nitrogens with one attached hydrogen (secondary N) is 1. The van der Waals surface area contributed by atoms with Gasteiger partial charge in [-0.1, -0.05) is 6.07 Å². The van der Waals surface area contributed by atoms with Crippen molar-refractivity contribution in [2.24, 2.45) is 0 Å². The first-order valence-electron chi connectivity index (χ1n) is 8.53. The Bertz CT molecular complexity index is 1240. The van der Waals surface area contributed by atoms with E-state index in [4.69, 9.17) is 0 Å². The van der Waals surface area contributed by atoms with Crippen LogP contribution in [0.5, 0.6) is 0 Å². The van der Waals surface area contributed by atoms with E-state index in [-0.39, 0.29) is 0 Å². The molecule has 0 radical (unpaired) electrons. The third-order valence-electron chi connectivity index (χ3n) is 4.25. The molecule has 0 atom stereocenters. The van der Waals surface area contributed by atoms with Crippen LogP contribution in [-0.2, 0) is 16.4 Å². The second-order valence-electron chi connectivity index (χ2n) is 6.23. The highest BCUT2D eigenvalue weighted by molar-refractivity contribution is 7.91. The van der Waals surface area contributed by atoms with Crippen LogP contribution in [0.1, 0.15) is 5.56 Å². The molecular weight excluding hydrogens is 400 g/mol. The molecule has 0 fully saturated rings. The minimum atomic E-state index is -4.62. The Morgan fingerprint density at radius 2 is 1.86 bits per heavy atom. The Morgan fingerprint density at radius 1 is 1.07 bits per heavy atom. The van der Waals surface area contributed by atoms with Crippen molar-refractivity contribution in [3.63, 3.8) is 0 Å². The van der Waals surface area contributed by atoms with Crippen molar-refractivity contribution in [1.82, 2.24) is 19.5 Å². The van der Waals surface area contributed by atoms with Crippen molar-refractivity contribution < 1.29 is 17.2 Å². The number of halogens is 2. The summed E-state index contributed by atoms with van der Waals surface area (Å²) in [6, 6.07) is 10.7. The lowest BCUT2D eigenvalue weighted by Gasteiger charge is -2.08. The maximum atomic E-state index is 12.6. The van der Waals surface area contributed by atoms with Crippen molar-refractivity contribution in [1.29, 1.82) is 0 Å². The molecule has 0 unspecified atom stereocenters. The van der Waals surface area contributed by atoms with Crippen LogP contribution in [0.15, 0.2) is 72.1 Å². The minimum absolute atomic E-state index is 0.299. The first kappa shape index (κ1) is 18.9. The van der Waals surface area contributed by atoms with Crippen molar-refractivity contribution in [2.75, 3.05) is 5.32 Å². The average Bonchev–Trinajstić information content (AvgIpc) is 3.11. The number of aromatic nitrogens is 4. The van der Waals surface area contributed by atoms with E-state index in [0.717, 1.165) is 23.1 Å². The van der Waals surface area contributed by atoms with Crippen LogP contribution < -0.4 is 5.32 Å². The smallest absolute Gasteiger partial charge is 0.328 e. The van der Waals surface area contributed by atoms with Crippen LogP contribution in [0, 0.1) is 0 Å². The van der Waals surface area contributed by atoms with Gasteiger partial charge in [0.1, 0.15) is 5.65 Å². The molecule has 1 aromatic carbocycles. The molecule has 1 N–H and O–H groups in total. The minimum Gasteiger partial charge on any atom is -0.328 e. The molecule has 3 aromatic heterocycles. The van der Waals surface area contributed by atoms with Gasteiger partial charge >= 0.3 is 5.76 Å². The predicted molar refractivity (Wildman–Crippen MR) is 104 cm³/mol. The number of benzene rings is 1. The molecule has 0 aliphatic carbocycles. The summed E-state index contributed by atoms with van der Waals surface area (Å²) in [4.78, 5) is 12.4.